The fourth-order valence-electron chi connectivity index (χ4n) is 2.21. The Morgan fingerprint density at radius 1 is 1.12 bits per heavy atom. The van der Waals surface area contributed by atoms with E-state index in [2.05, 4.69) is 10.3 Å². The molecular weight excluding hydrogens is 355 g/mol. The van der Waals surface area contributed by atoms with Gasteiger partial charge < -0.3 is 5.32 Å². The van der Waals surface area contributed by atoms with Crippen LogP contribution >= 0.6 is 23.1 Å². The third-order valence-corrected chi connectivity index (χ3v) is 5.31. The van der Waals surface area contributed by atoms with E-state index < -0.39 is 0 Å². The van der Waals surface area contributed by atoms with Gasteiger partial charge in [-0.15, -0.1) is 23.1 Å². The zero-order valence-corrected chi connectivity index (χ0v) is 15.1. The van der Waals surface area contributed by atoms with Crippen LogP contribution in [0.2, 0.25) is 0 Å². The van der Waals surface area contributed by atoms with Crippen molar-refractivity contribution in [3.63, 3.8) is 0 Å². The fourth-order valence-corrected chi connectivity index (χ4v) is 3.80. The molecule has 25 heavy (non-hydrogen) atoms. The van der Waals surface area contributed by atoms with Crippen molar-refractivity contribution in [2.75, 3.05) is 11.1 Å². The Hall–Kier alpha value is -2.18. The average molecular weight is 372 g/mol. The number of carbonyl (C=O) groups excluding carboxylic acids is 1. The van der Waals surface area contributed by atoms with Crippen molar-refractivity contribution in [1.82, 2.24) is 4.98 Å². The maximum atomic E-state index is 12.8. The predicted octanol–water partition coefficient (Wildman–Crippen LogP) is 5.46. The van der Waals surface area contributed by atoms with Crippen LogP contribution in [0.15, 0.2) is 64.9 Å². The van der Waals surface area contributed by atoms with Crippen LogP contribution in [0.25, 0.3) is 11.3 Å². The van der Waals surface area contributed by atoms with Crippen LogP contribution in [0.4, 0.5) is 9.52 Å². The first-order chi connectivity index (χ1) is 12.2. The van der Waals surface area contributed by atoms with E-state index in [0.717, 1.165) is 28.3 Å². The van der Waals surface area contributed by atoms with Gasteiger partial charge >= 0.3 is 0 Å². The third kappa shape index (κ3) is 5.41. The summed E-state index contributed by atoms with van der Waals surface area (Å²) < 4.78 is 12.8. The van der Waals surface area contributed by atoms with Gasteiger partial charge in [-0.1, -0.05) is 30.3 Å². The van der Waals surface area contributed by atoms with Crippen molar-refractivity contribution in [2.24, 2.45) is 0 Å². The van der Waals surface area contributed by atoms with Crippen LogP contribution < -0.4 is 5.32 Å². The van der Waals surface area contributed by atoms with Crippen LogP contribution in [-0.4, -0.2) is 16.6 Å². The smallest absolute Gasteiger partial charge is 0.226 e. The van der Waals surface area contributed by atoms with Gasteiger partial charge in [-0.3, -0.25) is 4.79 Å². The molecule has 1 amide bonds. The number of thiazole rings is 1. The summed E-state index contributed by atoms with van der Waals surface area (Å²) in [7, 11) is 0. The highest BCUT2D eigenvalue weighted by Gasteiger charge is 2.08. The molecule has 0 saturated heterocycles. The molecule has 3 aromatic rings. The second-order valence-corrected chi connectivity index (χ2v) is 7.38. The van der Waals surface area contributed by atoms with Gasteiger partial charge in [0.15, 0.2) is 5.13 Å². The van der Waals surface area contributed by atoms with Gasteiger partial charge in [0.25, 0.3) is 0 Å². The Bertz CT molecular complexity index is 819. The molecule has 3 rings (SSSR count). The number of thioether (sulfide) groups is 1. The van der Waals surface area contributed by atoms with E-state index in [4.69, 9.17) is 0 Å². The molecule has 0 saturated carbocycles. The second kappa shape index (κ2) is 8.78. The van der Waals surface area contributed by atoms with E-state index in [-0.39, 0.29) is 11.7 Å². The minimum atomic E-state index is -0.234. The maximum absolute atomic E-state index is 12.8. The molecule has 1 heterocycles. The van der Waals surface area contributed by atoms with Crippen molar-refractivity contribution >= 4 is 34.1 Å². The highest BCUT2D eigenvalue weighted by molar-refractivity contribution is 7.99. The van der Waals surface area contributed by atoms with Crippen molar-refractivity contribution in [3.05, 3.63) is 65.8 Å². The van der Waals surface area contributed by atoms with Crippen molar-refractivity contribution < 1.29 is 9.18 Å². The standard InChI is InChI=1S/C19H17FN2OS2/c20-15-8-10-16(11-9-15)24-12-4-7-18(23)22-19-21-17(13-25-19)14-5-2-1-3-6-14/h1-3,5-6,8-11,13H,4,7,12H2,(H,21,22,23). The largest absolute Gasteiger partial charge is 0.302 e. The molecule has 0 spiro atoms. The van der Waals surface area contributed by atoms with E-state index in [1.807, 2.05) is 35.7 Å². The molecule has 128 valence electrons. The summed E-state index contributed by atoms with van der Waals surface area (Å²) in [5.74, 6) is 0.544. The summed E-state index contributed by atoms with van der Waals surface area (Å²) in [5, 5.41) is 5.41. The molecule has 2 aromatic carbocycles. The Morgan fingerprint density at radius 3 is 2.64 bits per heavy atom. The highest BCUT2D eigenvalue weighted by Crippen LogP contribution is 2.25. The van der Waals surface area contributed by atoms with Crippen LogP contribution in [0, 0.1) is 5.82 Å². The number of halogens is 1. The molecular formula is C19H17FN2OS2. The lowest BCUT2D eigenvalue weighted by Gasteiger charge is -2.03. The molecule has 0 aliphatic carbocycles. The molecule has 1 aromatic heterocycles. The summed E-state index contributed by atoms with van der Waals surface area (Å²) in [6, 6.07) is 16.3. The van der Waals surface area contributed by atoms with Gasteiger partial charge in [0.2, 0.25) is 5.91 Å². The molecule has 3 nitrogen and oxygen atoms in total. The number of hydrogen-bond donors (Lipinski definition) is 1. The van der Waals surface area contributed by atoms with E-state index in [1.165, 1.54) is 23.5 Å². The molecule has 0 atom stereocenters. The first-order valence-corrected chi connectivity index (χ1v) is 9.76. The van der Waals surface area contributed by atoms with Gasteiger partial charge in [-0.05, 0) is 36.4 Å². The lowest BCUT2D eigenvalue weighted by molar-refractivity contribution is -0.116. The number of carbonyl (C=O) groups is 1. The van der Waals surface area contributed by atoms with Gasteiger partial charge in [0.05, 0.1) is 5.69 Å². The predicted molar refractivity (Wildman–Crippen MR) is 103 cm³/mol. The minimum Gasteiger partial charge on any atom is -0.302 e. The Labute approximate surface area is 154 Å². The minimum absolute atomic E-state index is 0.0336. The number of benzene rings is 2. The topological polar surface area (TPSA) is 42.0 Å². The molecule has 6 heteroatoms. The molecule has 0 bridgehead atoms. The first kappa shape index (κ1) is 17.6. The molecule has 0 aliphatic heterocycles. The molecule has 0 aliphatic rings. The van der Waals surface area contributed by atoms with Gasteiger partial charge in [-0.2, -0.15) is 0 Å². The summed E-state index contributed by atoms with van der Waals surface area (Å²) >= 11 is 3.05. The Balaban J connectivity index is 1.42. The van der Waals surface area contributed by atoms with E-state index in [1.54, 1.807) is 23.9 Å². The average Bonchev–Trinajstić information content (AvgIpc) is 3.09. The summed E-state index contributed by atoms with van der Waals surface area (Å²) in [6.45, 7) is 0. The molecule has 0 fully saturated rings. The van der Waals surface area contributed by atoms with Crippen molar-refractivity contribution in [3.8, 4) is 11.3 Å². The van der Waals surface area contributed by atoms with Crippen LogP contribution in [0.3, 0.4) is 0 Å². The van der Waals surface area contributed by atoms with Crippen LogP contribution in [0.1, 0.15) is 12.8 Å². The molecule has 0 radical (unpaired) electrons. The number of aromatic nitrogens is 1. The summed E-state index contributed by atoms with van der Waals surface area (Å²) in [5.41, 5.74) is 1.91. The van der Waals surface area contributed by atoms with Gasteiger partial charge in [-0.25, -0.2) is 9.37 Å². The molecule has 1 N–H and O–H groups in total. The Kier molecular flexibility index (Phi) is 6.19. The first-order valence-electron chi connectivity index (χ1n) is 7.90. The monoisotopic (exact) mass is 372 g/mol. The van der Waals surface area contributed by atoms with E-state index >= 15 is 0 Å². The third-order valence-electron chi connectivity index (χ3n) is 3.45. The second-order valence-electron chi connectivity index (χ2n) is 5.36. The summed E-state index contributed by atoms with van der Waals surface area (Å²) in [6.07, 6.45) is 1.19. The van der Waals surface area contributed by atoms with Gasteiger partial charge in [0.1, 0.15) is 5.82 Å². The normalized spacial score (nSPS) is 10.6. The van der Waals surface area contributed by atoms with Crippen molar-refractivity contribution in [2.45, 2.75) is 17.7 Å². The lowest BCUT2D eigenvalue weighted by atomic mass is 10.2. The highest BCUT2D eigenvalue weighted by atomic mass is 32.2. The Morgan fingerprint density at radius 2 is 1.88 bits per heavy atom. The van der Waals surface area contributed by atoms with Crippen LogP contribution in [-0.2, 0) is 4.79 Å². The number of hydrogen-bond acceptors (Lipinski definition) is 4. The fraction of sp³-hybridized carbons (Fsp3) is 0.158. The number of nitrogens with one attached hydrogen (secondary N) is 1. The number of anilines is 1. The number of amides is 1. The van der Waals surface area contributed by atoms with Crippen molar-refractivity contribution in [1.29, 1.82) is 0 Å². The number of rotatable bonds is 7. The van der Waals surface area contributed by atoms with Crippen LogP contribution in [0.5, 0.6) is 0 Å². The maximum Gasteiger partial charge on any atom is 0.226 e. The quantitative estimate of drug-likeness (QED) is 0.442. The van der Waals surface area contributed by atoms with E-state index in [0.29, 0.717) is 11.6 Å². The molecule has 0 unspecified atom stereocenters. The zero-order chi connectivity index (χ0) is 17.5. The number of nitrogens with zero attached hydrogens (tertiary/aromatic N) is 1. The van der Waals surface area contributed by atoms with E-state index in [9.17, 15) is 9.18 Å². The van der Waals surface area contributed by atoms with Gasteiger partial charge in [0, 0.05) is 22.3 Å². The SMILES string of the molecule is O=C(CCCSc1ccc(F)cc1)Nc1nc(-c2ccccc2)cs1. The zero-order valence-electron chi connectivity index (χ0n) is 13.4. The summed E-state index contributed by atoms with van der Waals surface area (Å²) in [4.78, 5) is 17.5. The lowest BCUT2D eigenvalue weighted by Crippen LogP contribution is -2.11.